The molecule has 0 unspecified atom stereocenters. The number of benzene rings is 2. The molecular weight excluding hydrogens is 344 g/mol. The van der Waals surface area contributed by atoms with Crippen molar-refractivity contribution in [3.05, 3.63) is 59.2 Å². The summed E-state index contributed by atoms with van der Waals surface area (Å²) in [5.41, 5.74) is 4.41. The molecule has 2 aromatic carbocycles. The molecule has 138 valence electrons. The van der Waals surface area contributed by atoms with E-state index in [9.17, 15) is 9.59 Å². The van der Waals surface area contributed by atoms with Crippen molar-refractivity contribution in [1.82, 2.24) is 5.32 Å². The number of rotatable bonds is 8. The minimum atomic E-state index is -0.207. The van der Waals surface area contributed by atoms with E-state index in [0.29, 0.717) is 12.2 Å². The van der Waals surface area contributed by atoms with E-state index in [1.54, 1.807) is 11.8 Å². The van der Waals surface area contributed by atoms with E-state index in [1.165, 1.54) is 11.1 Å². The largest absolute Gasteiger partial charge is 0.347 e. The van der Waals surface area contributed by atoms with Gasteiger partial charge in [-0.2, -0.15) is 0 Å². The third-order valence-electron chi connectivity index (χ3n) is 4.19. The number of para-hydroxylation sites is 1. The first kappa shape index (κ1) is 20.0. The van der Waals surface area contributed by atoms with Crippen molar-refractivity contribution in [2.75, 3.05) is 17.6 Å². The lowest BCUT2D eigenvalue weighted by Gasteiger charge is -2.10. The molecule has 0 spiro atoms. The number of anilines is 1. The highest BCUT2D eigenvalue weighted by molar-refractivity contribution is 7.99. The molecule has 0 aromatic heterocycles. The van der Waals surface area contributed by atoms with Crippen molar-refractivity contribution in [3.8, 4) is 0 Å². The maximum atomic E-state index is 12.0. The number of thioether (sulfide) groups is 1. The molecule has 2 N–H and O–H groups in total. The third-order valence-corrected chi connectivity index (χ3v) is 5.19. The van der Waals surface area contributed by atoms with Crippen LogP contribution in [0.2, 0.25) is 0 Å². The van der Waals surface area contributed by atoms with Crippen molar-refractivity contribution in [2.24, 2.45) is 0 Å². The zero-order chi connectivity index (χ0) is 18.9. The maximum Gasteiger partial charge on any atom is 0.243 e. The molecule has 2 amide bonds. The summed E-state index contributed by atoms with van der Waals surface area (Å²) in [5.74, 6) is 0.371. The van der Waals surface area contributed by atoms with E-state index in [4.69, 9.17) is 0 Å². The van der Waals surface area contributed by atoms with Crippen LogP contribution in [0.4, 0.5) is 5.69 Å². The summed E-state index contributed by atoms with van der Waals surface area (Å²) in [4.78, 5) is 25.1. The molecule has 0 heterocycles. The Labute approximate surface area is 159 Å². The monoisotopic (exact) mass is 370 g/mol. The van der Waals surface area contributed by atoms with E-state index in [1.807, 2.05) is 31.2 Å². The number of hydrogen-bond acceptors (Lipinski definition) is 3. The van der Waals surface area contributed by atoms with Crippen LogP contribution in [0.3, 0.4) is 0 Å². The van der Waals surface area contributed by atoms with Gasteiger partial charge < -0.3 is 10.6 Å². The standard InChI is InChI=1S/C21H26N2O2S/c1-4-17-7-5-6-8-19(17)23-21(25)14-22-20(24)11-12-26-18-10-9-15(2)16(3)13-18/h5-10,13H,4,11-12,14H2,1-3H3,(H,22,24)(H,23,25). The molecule has 0 aliphatic rings. The van der Waals surface area contributed by atoms with Gasteiger partial charge >= 0.3 is 0 Å². The van der Waals surface area contributed by atoms with Gasteiger partial charge in [0.2, 0.25) is 11.8 Å². The Bertz CT molecular complexity index is 774. The van der Waals surface area contributed by atoms with Gasteiger partial charge in [0.15, 0.2) is 0 Å². The quantitative estimate of drug-likeness (QED) is 0.688. The molecule has 26 heavy (non-hydrogen) atoms. The van der Waals surface area contributed by atoms with Gasteiger partial charge in [0, 0.05) is 22.8 Å². The Morgan fingerprint density at radius 3 is 2.50 bits per heavy atom. The number of nitrogens with one attached hydrogen (secondary N) is 2. The molecule has 2 aromatic rings. The Kier molecular flexibility index (Phi) is 7.73. The second-order valence-electron chi connectivity index (χ2n) is 6.18. The molecule has 5 heteroatoms. The molecular formula is C21H26N2O2S. The van der Waals surface area contributed by atoms with E-state index in [2.05, 4.69) is 42.7 Å². The second-order valence-corrected chi connectivity index (χ2v) is 7.35. The fourth-order valence-corrected chi connectivity index (χ4v) is 3.43. The Morgan fingerprint density at radius 1 is 1.00 bits per heavy atom. The molecule has 0 saturated heterocycles. The lowest BCUT2D eigenvalue weighted by atomic mass is 10.1. The van der Waals surface area contributed by atoms with E-state index in [0.717, 1.165) is 22.6 Å². The second kappa shape index (κ2) is 10.0. The van der Waals surface area contributed by atoms with E-state index < -0.39 is 0 Å². The number of hydrogen-bond donors (Lipinski definition) is 2. The van der Waals surface area contributed by atoms with Crippen LogP contribution in [0.1, 0.15) is 30.0 Å². The highest BCUT2D eigenvalue weighted by Crippen LogP contribution is 2.21. The van der Waals surface area contributed by atoms with E-state index in [-0.39, 0.29) is 18.4 Å². The van der Waals surface area contributed by atoms with Crippen molar-refractivity contribution >= 4 is 29.3 Å². The summed E-state index contributed by atoms with van der Waals surface area (Å²) in [6.07, 6.45) is 1.23. The summed E-state index contributed by atoms with van der Waals surface area (Å²) in [6, 6.07) is 14.0. The Morgan fingerprint density at radius 2 is 1.77 bits per heavy atom. The van der Waals surface area contributed by atoms with Crippen LogP contribution in [0.15, 0.2) is 47.4 Å². The average molecular weight is 371 g/mol. The molecule has 0 saturated carbocycles. The van der Waals surface area contributed by atoms with Gasteiger partial charge in [-0.05, 0) is 55.2 Å². The van der Waals surface area contributed by atoms with Crippen LogP contribution < -0.4 is 10.6 Å². The summed E-state index contributed by atoms with van der Waals surface area (Å²) in [7, 11) is 0. The molecule has 0 atom stereocenters. The third kappa shape index (κ3) is 6.23. The maximum absolute atomic E-state index is 12.0. The summed E-state index contributed by atoms with van der Waals surface area (Å²) in [6.45, 7) is 6.20. The lowest BCUT2D eigenvalue weighted by Crippen LogP contribution is -2.33. The topological polar surface area (TPSA) is 58.2 Å². The van der Waals surface area contributed by atoms with Gasteiger partial charge in [-0.1, -0.05) is 31.2 Å². The van der Waals surface area contributed by atoms with E-state index >= 15 is 0 Å². The predicted octanol–water partition coefficient (Wildman–Crippen LogP) is 4.10. The number of carbonyl (C=O) groups excluding carboxylic acids is 2. The van der Waals surface area contributed by atoms with Crippen LogP contribution in [0.5, 0.6) is 0 Å². The first-order chi connectivity index (χ1) is 12.5. The summed E-state index contributed by atoms with van der Waals surface area (Å²) in [5, 5.41) is 5.53. The fourth-order valence-electron chi connectivity index (χ4n) is 2.48. The van der Waals surface area contributed by atoms with Gasteiger partial charge in [0.1, 0.15) is 0 Å². The van der Waals surface area contributed by atoms with Crippen molar-refractivity contribution < 1.29 is 9.59 Å². The molecule has 0 aliphatic heterocycles. The molecule has 0 bridgehead atoms. The smallest absolute Gasteiger partial charge is 0.243 e. The fraction of sp³-hybridized carbons (Fsp3) is 0.333. The Hall–Kier alpha value is -2.27. The highest BCUT2D eigenvalue weighted by Gasteiger charge is 2.08. The van der Waals surface area contributed by atoms with Crippen LogP contribution in [0, 0.1) is 13.8 Å². The number of carbonyl (C=O) groups is 2. The van der Waals surface area contributed by atoms with Gasteiger partial charge in [0.25, 0.3) is 0 Å². The molecule has 0 radical (unpaired) electrons. The lowest BCUT2D eigenvalue weighted by molar-refractivity contribution is -0.123. The molecule has 0 fully saturated rings. The van der Waals surface area contributed by atoms with Crippen molar-refractivity contribution in [1.29, 1.82) is 0 Å². The SMILES string of the molecule is CCc1ccccc1NC(=O)CNC(=O)CCSc1ccc(C)c(C)c1. The predicted molar refractivity (Wildman–Crippen MR) is 109 cm³/mol. The van der Waals surface area contributed by atoms with Crippen LogP contribution in [0.25, 0.3) is 0 Å². The normalized spacial score (nSPS) is 10.4. The summed E-state index contributed by atoms with van der Waals surface area (Å²) < 4.78 is 0. The zero-order valence-corrected chi connectivity index (χ0v) is 16.4. The summed E-state index contributed by atoms with van der Waals surface area (Å²) >= 11 is 1.65. The minimum Gasteiger partial charge on any atom is -0.347 e. The van der Waals surface area contributed by atoms with Gasteiger partial charge in [0.05, 0.1) is 6.54 Å². The van der Waals surface area contributed by atoms with Crippen LogP contribution in [-0.2, 0) is 16.0 Å². The number of aryl methyl sites for hydroxylation is 3. The minimum absolute atomic E-state index is 0.00874. The van der Waals surface area contributed by atoms with Crippen LogP contribution >= 0.6 is 11.8 Å². The van der Waals surface area contributed by atoms with Gasteiger partial charge in [-0.25, -0.2) is 0 Å². The Balaban J connectivity index is 1.71. The first-order valence-corrected chi connectivity index (χ1v) is 9.82. The zero-order valence-electron chi connectivity index (χ0n) is 15.6. The molecule has 2 rings (SSSR count). The van der Waals surface area contributed by atoms with Gasteiger partial charge in [-0.15, -0.1) is 11.8 Å². The van der Waals surface area contributed by atoms with Gasteiger partial charge in [-0.3, -0.25) is 9.59 Å². The van der Waals surface area contributed by atoms with Crippen molar-refractivity contribution in [2.45, 2.75) is 38.5 Å². The van der Waals surface area contributed by atoms with Crippen LogP contribution in [-0.4, -0.2) is 24.1 Å². The highest BCUT2D eigenvalue weighted by atomic mass is 32.2. The average Bonchev–Trinajstić information content (AvgIpc) is 2.63. The van der Waals surface area contributed by atoms with Crippen molar-refractivity contribution in [3.63, 3.8) is 0 Å². The number of amides is 2. The molecule has 0 aliphatic carbocycles. The molecule has 4 nitrogen and oxygen atoms in total. The first-order valence-electron chi connectivity index (χ1n) is 8.84.